The molecule has 0 saturated heterocycles. The maximum Gasteiger partial charge on any atom is 0.0223 e. The normalized spacial score (nSPS) is 25.5. The fourth-order valence-corrected chi connectivity index (χ4v) is 3.90. The molecule has 0 heterocycles. The van der Waals surface area contributed by atoms with Crippen LogP contribution in [0, 0.1) is 17.8 Å². The molecule has 3 rings (SSSR count). The smallest absolute Gasteiger partial charge is 0.0223 e. The molecule has 0 amide bonds. The fourth-order valence-electron chi connectivity index (χ4n) is 3.90. The van der Waals surface area contributed by atoms with Gasteiger partial charge < -0.3 is 10.2 Å². The van der Waals surface area contributed by atoms with Crippen LogP contribution in [0.15, 0.2) is 0 Å². The number of nitrogens with one attached hydrogen (secondary N) is 1. The number of rotatable bonds is 10. The SMILES string of the molecule is CCCNC(CN(CC1CC1)CC1CC1)C1CCCC1. The van der Waals surface area contributed by atoms with E-state index in [1.165, 1.54) is 84.0 Å². The molecule has 3 aliphatic carbocycles. The molecule has 20 heavy (non-hydrogen) atoms. The summed E-state index contributed by atoms with van der Waals surface area (Å²) < 4.78 is 0. The van der Waals surface area contributed by atoms with E-state index in [0.29, 0.717) is 0 Å². The van der Waals surface area contributed by atoms with Gasteiger partial charge in [0.05, 0.1) is 0 Å². The monoisotopic (exact) mass is 278 g/mol. The van der Waals surface area contributed by atoms with Crippen molar-refractivity contribution >= 4 is 0 Å². The predicted octanol–water partition coefficient (Wildman–Crippen LogP) is 3.67. The van der Waals surface area contributed by atoms with Crippen LogP contribution in [0.1, 0.15) is 64.7 Å². The molecule has 0 aliphatic heterocycles. The first kappa shape index (κ1) is 14.8. The van der Waals surface area contributed by atoms with Crippen molar-refractivity contribution in [1.29, 1.82) is 0 Å². The number of hydrogen-bond acceptors (Lipinski definition) is 2. The molecule has 3 fully saturated rings. The zero-order valence-electron chi connectivity index (χ0n) is 13.4. The lowest BCUT2D eigenvalue weighted by Crippen LogP contribution is -2.46. The van der Waals surface area contributed by atoms with Crippen molar-refractivity contribution in [3.05, 3.63) is 0 Å². The van der Waals surface area contributed by atoms with Gasteiger partial charge in [-0.25, -0.2) is 0 Å². The quantitative estimate of drug-likeness (QED) is 0.656. The molecule has 3 saturated carbocycles. The van der Waals surface area contributed by atoms with Crippen LogP contribution < -0.4 is 5.32 Å². The van der Waals surface area contributed by atoms with Crippen molar-refractivity contribution in [2.75, 3.05) is 26.2 Å². The van der Waals surface area contributed by atoms with Crippen LogP contribution in [0.5, 0.6) is 0 Å². The van der Waals surface area contributed by atoms with Gasteiger partial charge in [-0.15, -0.1) is 0 Å². The highest BCUT2D eigenvalue weighted by atomic mass is 15.2. The average Bonchev–Trinajstić information content (AvgIpc) is 3.37. The van der Waals surface area contributed by atoms with Gasteiger partial charge >= 0.3 is 0 Å². The lowest BCUT2D eigenvalue weighted by molar-refractivity contribution is 0.195. The summed E-state index contributed by atoms with van der Waals surface area (Å²) in [6.07, 6.45) is 13.2. The van der Waals surface area contributed by atoms with Crippen molar-refractivity contribution < 1.29 is 0 Å². The third kappa shape index (κ3) is 4.73. The van der Waals surface area contributed by atoms with Crippen LogP contribution in [-0.2, 0) is 0 Å². The van der Waals surface area contributed by atoms with Gasteiger partial charge in [0.1, 0.15) is 0 Å². The van der Waals surface area contributed by atoms with E-state index in [1.54, 1.807) is 0 Å². The Hall–Kier alpha value is -0.0800. The molecule has 1 unspecified atom stereocenters. The summed E-state index contributed by atoms with van der Waals surface area (Å²) in [5, 5.41) is 3.89. The second-order valence-electron chi connectivity index (χ2n) is 7.71. The van der Waals surface area contributed by atoms with Gasteiger partial charge in [-0.3, -0.25) is 0 Å². The molecule has 0 bridgehead atoms. The fraction of sp³-hybridized carbons (Fsp3) is 1.00. The van der Waals surface area contributed by atoms with Gasteiger partial charge in [-0.2, -0.15) is 0 Å². The Kier molecular flexibility index (Phi) is 5.39. The molecule has 0 radical (unpaired) electrons. The molecule has 0 spiro atoms. The maximum absolute atomic E-state index is 3.89. The number of nitrogens with zero attached hydrogens (tertiary/aromatic N) is 1. The minimum Gasteiger partial charge on any atom is -0.312 e. The van der Waals surface area contributed by atoms with Gasteiger partial charge in [0, 0.05) is 25.7 Å². The van der Waals surface area contributed by atoms with E-state index >= 15 is 0 Å². The van der Waals surface area contributed by atoms with Gasteiger partial charge in [-0.05, 0) is 69.2 Å². The summed E-state index contributed by atoms with van der Waals surface area (Å²) in [7, 11) is 0. The molecule has 1 N–H and O–H groups in total. The largest absolute Gasteiger partial charge is 0.312 e. The van der Waals surface area contributed by atoms with Crippen LogP contribution in [0.4, 0.5) is 0 Å². The van der Waals surface area contributed by atoms with Crippen molar-refractivity contribution in [3.8, 4) is 0 Å². The lowest BCUT2D eigenvalue weighted by atomic mass is 9.97. The highest BCUT2D eigenvalue weighted by Crippen LogP contribution is 2.35. The zero-order chi connectivity index (χ0) is 13.8. The Labute approximate surface area is 125 Å². The van der Waals surface area contributed by atoms with Crippen LogP contribution in [-0.4, -0.2) is 37.1 Å². The maximum atomic E-state index is 3.89. The van der Waals surface area contributed by atoms with Crippen molar-refractivity contribution in [2.24, 2.45) is 17.8 Å². The molecular formula is C18H34N2. The summed E-state index contributed by atoms with van der Waals surface area (Å²) in [4.78, 5) is 2.83. The van der Waals surface area contributed by atoms with Crippen molar-refractivity contribution in [3.63, 3.8) is 0 Å². The second kappa shape index (κ2) is 7.26. The third-order valence-corrected chi connectivity index (χ3v) is 5.51. The first-order chi connectivity index (χ1) is 9.85. The molecule has 1 atom stereocenters. The Morgan fingerprint density at radius 3 is 2.05 bits per heavy atom. The van der Waals surface area contributed by atoms with E-state index in [9.17, 15) is 0 Å². The highest BCUT2D eigenvalue weighted by Gasteiger charge is 2.32. The van der Waals surface area contributed by atoms with Crippen LogP contribution in [0.3, 0.4) is 0 Å². The first-order valence-electron chi connectivity index (χ1n) is 9.31. The van der Waals surface area contributed by atoms with Crippen LogP contribution in [0.2, 0.25) is 0 Å². The first-order valence-corrected chi connectivity index (χ1v) is 9.31. The van der Waals surface area contributed by atoms with Gasteiger partial charge in [0.25, 0.3) is 0 Å². The summed E-state index contributed by atoms with van der Waals surface area (Å²) in [5.41, 5.74) is 0. The van der Waals surface area contributed by atoms with Gasteiger partial charge in [-0.1, -0.05) is 19.8 Å². The summed E-state index contributed by atoms with van der Waals surface area (Å²) >= 11 is 0. The van der Waals surface area contributed by atoms with Gasteiger partial charge in [0.15, 0.2) is 0 Å². The highest BCUT2D eigenvalue weighted by molar-refractivity contribution is 4.88. The summed E-state index contributed by atoms with van der Waals surface area (Å²) in [5.74, 6) is 3.05. The number of hydrogen-bond donors (Lipinski definition) is 1. The predicted molar refractivity (Wildman–Crippen MR) is 85.9 cm³/mol. The minimum absolute atomic E-state index is 0.773. The van der Waals surface area contributed by atoms with E-state index in [-0.39, 0.29) is 0 Å². The Bertz CT molecular complexity index is 263. The van der Waals surface area contributed by atoms with Gasteiger partial charge in [0.2, 0.25) is 0 Å². The molecule has 0 aromatic rings. The molecule has 0 aromatic carbocycles. The molecule has 2 nitrogen and oxygen atoms in total. The van der Waals surface area contributed by atoms with Crippen LogP contribution >= 0.6 is 0 Å². The molecule has 3 aliphatic rings. The van der Waals surface area contributed by atoms with Crippen molar-refractivity contribution in [1.82, 2.24) is 10.2 Å². The van der Waals surface area contributed by atoms with E-state index in [1.807, 2.05) is 0 Å². The third-order valence-electron chi connectivity index (χ3n) is 5.51. The standard InChI is InChI=1S/C18H34N2/c1-2-11-19-18(17-5-3-4-6-17)14-20(12-15-7-8-15)13-16-9-10-16/h15-19H,2-14H2,1H3. The van der Waals surface area contributed by atoms with E-state index in [2.05, 4.69) is 17.1 Å². The van der Waals surface area contributed by atoms with E-state index in [4.69, 9.17) is 0 Å². The van der Waals surface area contributed by atoms with E-state index < -0.39 is 0 Å². The minimum atomic E-state index is 0.773. The molecular weight excluding hydrogens is 244 g/mol. The lowest BCUT2D eigenvalue weighted by Gasteiger charge is -2.32. The summed E-state index contributed by atoms with van der Waals surface area (Å²) in [6, 6.07) is 0.773. The summed E-state index contributed by atoms with van der Waals surface area (Å²) in [6.45, 7) is 7.63. The Balaban J connectivity index is 1.52. The Morgan fingerprint density at radius 1 is 0.950 bits per heavy atom. The molecule has 116 valence electrons. The van der Waals surface area contributed by atoms with Crippen LogP contribution in [0.25, 0.3) is 0 Å². The van der Waals surface area contributed by atoms with Crippen molar-refractivity contribution in [2.45, 2.75) is 70.8 Å². The Morgan fingerprint density at radius 2 is 1.55 bits per heavy atom. The topological polar surface area (TPSA) is 15.3 Å². The molecule has 2 heteroatoms. The molecule has 0 aromatic heterocycles. The zero-order valence-corrected chi connectivity index (χ0v) is 13.4. The second-order valence-corrected chi connectivity index (χ2v) is 7.71. The average molecular weight is 278 g/mol. The van der Waals surface area contributed by atoms with E-state index in [0.717, 1.165) is 23.8 Å².